The van der Waals surface area contributed by atoms with Crippen molar-refractivity contribution in [2.75, 3.05) is 6.54 Å². The number of Topliss-reactive ketones (excluding diaryl/α,β-unsaturated/α-hetero) is 1. The lowest BCUT2D eigenvalue weighted by Crippen LogP contribution is -2.37. The fraction of sp³-hybridized carbons (Fsp3) is 0.421. The summed E-state index contributed by atoms with van der Waals surface area (Å²) in [6, 6.07) is 9.31. The Hall–Kier alpha value is -2.43. The third-order valence-electron chi connectivity index (χ3n) is 5.16. The molecule has 1 aliphatic carbocycles. The highest BCUT2D eigenvalue weighted by Gasteiger charge is 2.34. The van der Waals surface area contributed by atoms with E-state index in [4.69, 9.17) is 0 Å². The molecular formula is C19H21N3O2. The summed E-state index contributed by atoms with van der Waals surface area (Å²) in [7, 11) is 0. The minimum Gasteiger partial charge on any atom is -0.334 e. The van der Waals surface area contributed by atoms with Crippen molar-refractivity contribution in [3.63, 3.8) is 0 Å². The summed E-state index contributed by atoms with van der Waals surface area (Å²) in [5.74, 6) is 0.0883. The van der Waals surface area contributed by atoms with E-state index in [9.17, 15) is 9.59 Å². The second kappa shape index (κ2) is 6.23. The first-order valence-corrected chi connectivity index (χ1v) is 8.69. The third kappa shape index (κ3) is 2.64. The summed E-state index contributed by atoms with van der Waals surface area (Å²) >= 11 is 0. The van der Waals surface area contributed by atoms with Gasteiger partial charge in [-0.25, -0.2) is 0 Å². The van der Waals surface area contributed by atoms with Crippen LogP contribution in [0.5, 0.6) is 0 Å². The first kappa shape index (κ1) is 15.1. The molecule has 5 nitrogen and oxygen atoms in total. The van der Waals surface area contributed by atoms with Crippen LogP contribution in [0.1, 0.15) is 57.8 Å². The van der Waals surface area contributed by atoms with Crippen LogP contribution in [0.3, 0.4) is 0 Å². The van der Waals surface area contributed by atoms with Crippen LogP contribution in [0, 0.1) is 0 Å². The Morgan fingerprint density at radius 3 is 2.83 bits per heavy atom. The largest absolute Gasteiger partial charge is 0.334 e. The van der Waals surface area contributed by atoms with Crippen molar-refractivity contribution >= 4 is 11.7 Å². The van der Waals surface area contributed by atoms with Gasteiger partial charge in [0.25, 0.3) is 5.91 Å². The van der Waals surface area contributed by atoms with Crippen LogP contribution < -0.4 is 0 Å². The second-order valence-corrected chi connectivity index (χ2v) is 6.67. The number of carbonyl (C=O) groups excluding carboxylic acids is 2. The van der Waals surface area contributed by atoms with E-state index in [1.807, 2.05) is 35.2 Å². The lowest BCUT2D eigenvalue weighted by Gasteiger charge is -2.24. The zero-order chi connectivity index (χ0) is 16.5. The zero-order valence-corrected chi connectivity index (χ0v) is 13.6. The lowest BCUT2D eigenvalue weighted by molar-refractivity contribution is 0.0710. The molecule has 1 aromatic carbocycles. The molecule has 0 unspecified atom stereocenters. The number of hydrogen-bond acceptors (Lipinski definition) is 3. The molecule has 1 atom stereocenters. The summed E-state index contributed by atoms with van der Waals surface area (Å²) in [4.78, 5) is 27.3. The highest BCUT2D eigenvalue weighted by molar-refractivity contribution is 5.98. The number of rotatable bonds is 4. The smallest absolute Gasteiger partial charge is 0.274 e. The number of amides is 1. The van der Waals surface area contributed by atoms with Gasteiger partial charge in [-0.1, -0.05) is 30.3 Å². The summed E-state index contributed by atoms with van der Waals surface area (Å²) in [5.41, 5.74) is 3.48. The standard InChI is InChI=1S/C19H21N3O2/c23-17(13-6-2-1-3-7-13)12-14-8-5-11-22(14)19(24)18-15-9-4-10-16(15)20-21-18/h1-3,6-7,14H,4-5,8-12H2,(H,20,21)/t14-/m0/s1. The fourth-order valence-electron chi connectivity index (χ4n) is 3.90. The average Bonchev–Trinajstić information content (AvgIpc) is 3.31. The van der Waals surface area contributed by atoms with E-state index in [-0.39, 0.29) is 17.7 Å². The maximum absolute atomic E-state index is 12.9. The number of aromatic amines is 1. The number of hydrogen-bond donors (Lipinski definition) is 1. The highest BCUT2D eigenvalue weighted by atomic mass is 16.2. The summed E-state index contributed by atoms with van der Waals surface area (Å²) in [6.45, 7) is 0.715. The van der Waals surface area contributed by atoms with Crippen LogP contribution >= 0.6 is 0 Å². The number of nitrogens with zero attached hydrogens (tertiary/aromatic N) is 2. The van der Waals surface area contributed by atoms with Crippen molar-refractivity contribution in [2.24, 2.45) is 0 Å². The fourth-order valence-corrected chi connectivity index (χ4v) is 3.90. The van der Waals surface area contributed by atoms with Crippen molar-refractivity contribution in [3.8, 4) is 0 Å². The van der Waals surface area contributed by atoms with Crippen molar-refractivity contribution in [2.45, 2.75) is 44.6 Å². The summed E-state index contributed by atoms with van der Waals surface area (Å²) in [5, 5.41) is 7.26. The first-order valence-electron chi connectivity index (χ1n) is 8.69. The van der Waals surface area contributed by atoms with Gasteiger partial charge in [0.2, 0.25) is 0 Å². The van der Waals surface area contributed by atoms with Gasteiger partial charge in [-0.15, -0.1) is 0 Å². The van der Waals surface area contributed by atoms with Gasteiger partial charge in [0, 0.05) is 35.8 Å². The summed E-state index contributed by atoms with van der Waals surface area (Å²) < 4.78 is 0. The van der Waals surface area contributed by atoms with Gasteiger partial charge in [0.15, 0.2) is 11.5 Å². The Balaban J connectivity index is 1.50. The van der Waals surface area contributed by atoms with Crippen LogP contribution in [0.2, 0.25) is 0 Å². The van der Waals surface area contributed by atoms with Crippen LogP contribution in [0.15, 0.2) is 30.3 Å². The number of carbonyl (C=O) groups is 2. The van der Waals surface area contributed by atoms with E-state index < -0.39 is 0 Å². The SMILES string of the molecule is O=C(C[C@@H]1CCCN1C(=O)c1n[nH]c2c1CCC2)c1ccccc1. The maximum Gasteiger partial charge on any atom is 0.274 e. The van der Waals surface area contributed by atoms with E-state index in [0.717, 1.165) is 48.9 Å². The molecule has 2 aliphatic rings. The second-order valence-electron chi connectivity index (χ2n) is 6.67. The van der Waals surface area contributed by atoms with Gasteiger partial charge in [0.1, 0.15) is 0 Å². The quantitative estimate of drug-likeness (QED) is 0.880. The molecule has 1 aliphatic heterocycles. The van der Waals surface area contributed by atoms with Crippen LogP contribution in [0.4, 0.5) is 0 Å². The minimum absolute atomic E-state index is 0.0149. The molecule has 1 saturated heterocycles. The maximum atomic E-state index is 12.9. The van der Waals surface area contributed by atoms with Crippen LogP contribution in [-0.4, -0.2) is 39.4 Å². The summed E-state index contributed by atoms with van der Waals surface area (Å²) in [6.07, 6.45) is 5.21. The number of nitrogens with one attached hydrogen (secondary N) is 1. The van der Waals surface area contributed by atoms with Crippen molar-refractivity contribution < 1.29 is 9.59 Å². The highest BCUT2D eigenvalue weighted by Crippen LogP contribution is 2.28. The molecule has 0 spiro atoms. The number of ketones is 1. The molecular weight excluding hydrogens is 302 g/mol. The van der Waals surface area contributed by atoms with Crippen molar-refractivity contribution in [3.05, 3.63) is 52.8 Å². The molecule has 0 bridgehead atoms. The molecule has 2 aromatic rings. The number of likely N-dealkylation sites (tertiary alicyclic amines) is 1. The monoisotopic (exact) mass is 323 g/mol. The first-order chi connectivity index (χ1) is 11.7. The topological polar surface area (TPSA) is 66.1 Å². The van der Waals surface area contributed by atoms with Crippen molar-refractivity contribution in [1.29, 1.82) is 0 Å². The van der Waals surface area contributed by atoms with E-state index in [2.05, 4.69) is 10.2 Å². The van der Waals surface area contributed by atoms with E-state index in [1.165, 1.54) is 0 Å². The number of aryl methyl sites for hydroxylation is 1. The Kier molecular flexibility index (Phi) is 3.92. The Bertz CT molecular complexity index is 766. The number of fused-ring (bicyclic) bond motifs is 1. The van der Waals surface area contributed by atoms with Crippen LogP contribution in [-0.2, 0) is 12.8 Å². The van der Waals surface area contributed by atoms with E-state index in [1.54, 1.807) is 0 Å². The predicted octanol–water partition coefficient (Wildman–Crippen LogP) is 2.78. The molecule has 0 radical (unpaired) electrons. The van der Waals surface area contributed by atoms with Crippen molar-refractivity contribution in [1.82, 2.24) is 15.1 Å². The van der Waals surface area contributed by atoms with Gasteiger partial charge in [-0.05, 0) is 32.1 Å². The molecule has 24 heavy (non-hydrogen) atoms. The van der Waals surface area contributed by atoms with E-state index >= 15 is 0 Å². The van der Waals surface area contributed by atoms with Gasteiger partial charge in [0.05, 0.1) is 0 Å². The normalized spacial score (nSPS) is 19.5. The Morgan fingerprint density at radius 1 is 1.17 bits per heavy atom. The van der Waals surface area contributed by atoms with Gasteiger partial charge in [-0.2, -0.15) is 5.10 Å². The Morgan fingerprint density at radius 2 is 2.00 bits per heavy atom. The number of aromatic nitrogens is 2. The molecule has 4 rings (SSSR count). The molecule has 2 heterocycles. The van der Waals surface area contributed by atoms with Gasteiger partial charge < -0.3 is 4.90 Å². The Labute approximate surface area is 141 Å². The molecule has 0 saturated carbocycles. The molecule has 1 fully saturated rings. The lowest BCUT2D eigenvalue weighted by atomic mass is 10.0. The average molecular weight is 323 g/mol. The molecule has 5 heteroatoms. The minimum atomic E-state index is -0.0160. The molecule has 124 valence electrons. The molecule has 1 N–H and O–H groups in total. The molecule has 1 amide bonds. The van der Waals surface area contributed by atoms with E-state index in [0.29, 0.717) is 18.7 Å². The number of H-pyrrole nitrogens is 1. The van der Waals surface area contributed by atoms with Crippen LogP contribution in [0.25, 0.3) is 0 Å². The molecule has 1 aromatic heterocycles. The van der Waals surface area contributed by atoms with Gasteiger partial charge >= 0.3 is 0 Å². The number of benzene rings is 1. The van der Waals surface area contributed by atoms with Gasteiger partial charge in [-0.3, -0.25) is 14.7 Å². The third-order valence-corrected chi connectivity index (χ3v) is 5.16. The zero-order valence-electron chi connectivity index (χ0n) is 13.6. The predicted molar refractivity (Wildman–Crippen MR) is 90.1 cm³/mol.